The van der Waals surface area contributed by atoms with E-state index in [1.807, 2.05) is 13.8 Å². The second-order valence-electron chi connectivity index (χ2n) is 8.88. The average Bonchev–Trinajstić information content (AvgIpc) is 2.90. The molecule has 0 spiro atoms. The Hall–Kier alpha value is -3.07. The van der Waals surface area contributed by atoms with E-state index in [4.69, 9.17) is 23.2 Å². The molecule has 1 atom stereocenters. The number of benzene rings is 3. The molecule has 202 valence electrons. The predicted octanol–water partition coefficient (Wildman–Crippen LogP) is 5.44. The number of halogens is 2. The molecule has 0 aliphatic carbocycles. The van der Waals surface area contributed by atoms with Crippen molar-refractivity contribution < 1.29 is 18.0 Å². The number of para-hydroxylation sites is 1. The van der Waals surface area contributed by atoms with Crippen molar-refractivity contribution in [1.29, 1.82) is 0 Å². The highest BCUT2D eigenvalue weighted by Crippen LogP contribution is 2.26. The van der Waals surface area contributed by atoms with Crippen molar-refractivity contribution in [3.8, 4) is 0 Å². The molecule has 0 heterocycles. The molecule has 0 radical (unpaired) electrons. The number of hydrogen-bond donors (Lipinski definition) is 1. The van der Waals surface area contributed by atoms with Gasteiger partial charge in [0.15, 0.2) is 0 Å². The van der Waals surface area contributed by atoms with E-state index in [1.54, 1.807) is 67.6 Å². The summed E-state index contributed by atoms with van der Waals surface area (Å²) >= 11 is 12.4. The SMILES string of the molecule is CCCNC(=O)[C@@H](C)N(Cc1ccc(Cl)cc1Cl)C(=O)CN(c1ccccc1)S(=O)(=O)c1ccc(C)cc1. The fraction of sp³-hybridized carbons (Fsp3) is 0.286. The second kappa shape index (κ2) is 13.1. The number of carbonyl (C=O) groups excluding carboxylic acids is 2. The summed E-state index contributed by atoms with van der Waals surface area (Å²) in [7, 11) is -4.10. The zero-order chi connectivity index (χ0) is 27.9. The largest absolute Gasteiger partial charge is 0.354 e. The van der Waals surface area contributed by atoms with Gasteiger partial charge in [0.05, 0.1) is 10.6 Å². The van der Waals surface area contributed by atoms with Crippen molar-refractivity contribution >= 4 is 50.7 Å². The van der Waals surface area contributed by atoms with Gasteiger partial charge in [0.25, 0.3) is 10.0 Å². The van der Waals surface area contributed by atoms with Crippen molar-refractivity contribution in [1.82, 2.24) is 10.2 Å². The van der Waals surface area contributed by atoms with Gasteiger partial charge in [-0.25, -0.2) is 8.42 Å². The Balaban J connectivity index is 2.01. The molecule has 0 unspecified atom stereocenters. The van der Waals surface area contributed by atoms with E-state index >= 15 is 0 Å². The lowest BCUT2D eigenvalue weighted by atomic mass is 10.1. The van der Waals surface area contributed by atoms with Gasteiger partial charge < -0.3 is 10.2 Å². The van der Waals surface area contributed by atoms with E-state index in [9.17, 15) is 18.0 Å². The molecule has 7 nitrogen and oxygen atoms in total. The van der Waals surface area contributed by atoms with Crippen LogP contribution < -0.4 is 9.62 Å². The van der Waals surface area contributed by atoms with Crippen molar-refractivity contribution in [3.05, 3.63) is 94.0 Å². The minimum absolute atomic E-state index is 0.0112. The molecule has 0 aliphatic heterocycles. The molecule has 1 N–H and O–H groups in total. The fourth-order valence-corrected chi connectivity index (χ4v) is 5.65. The first-order chi connectivity index (χ1) is 18.0. The highest BCUT2D eigenvalue weighted by atomic mass is 35.5. The number of rotatable bonds is 11. The maximum absolute atomic E-state index is 13.8. The number of amides is 2. The summed E-state index contributed by atoms with van der Waals surface area (Å²) in [6.07, 6.45) is 0.728. The minimum Gasteiger partial charge on any atom is -0.354 e. The van der Waals surface area contributed by atoms with Gasteiger partial charge in [-0.2, -0.15) is 0 Å². The first kappa shape index (κ1) is 29.5. The molecule has 0 aromatic heterocycles. The van der Waals surface area contributed by atoms with Crippen LogP contribution in [0.4, 0.5) is 5.69 Å². The third-order valence-electron chi connectivity index (χ3n) is 6.00. The van der Waals surface area contributed by atoms with Gasteiger partial charge in [0.2, 0.25) is 11.8 Å². The molecule has 3 aromatic carbocycles. The molecular weight excluding hydrogens is 545 g/mol. The van der Waals surface area contributed by atoms with Gasteiger partial charge in [-0.3, -0.25) is 13.9 Å². The maximum atomic E-state index is 13.8. The molecule has 3 aromatic rings. The Morgan fingerprint density at radius 2 is 1.63 bits per heavy atom. The Labute approximate surface area is 234 Å². The third kappa shape index (κ3) is 7.28. The van der Waals surface area contributed by atoms with Crippen molar-refractivity contribution in [2.45, 2.75) is 44.7 Å². The molecule has 3 rings (SSSR count). The number of anilines is 1. The zero-order valence-corrected chi connectivity index (χ0v) is 23.9. The molecule has 2 amide bonds. The van der Waals surface area contributed by atoms with Gasteiger partial charge in [-0.05, 0) is 62.2 Å². The average molecular weight is 577 g/mol. The van der Waals surface area contributed by atoms with Crippen LogP contribution in [0.15, 0.2) is 77.7 Å². The van der Waals surface area contributed by atoms with Crippen LogP contribution >= 0.6 is 23.2 Å². The Bertz CT molecular complexity index is 1370. The first-order valence-electron chi connectivity index (χ1n) is 12.2. The number of hydrogen-bond acceptors (Lipinski definition) is 4. The van der Waals surface area contributed by atoms with E-state index in [0.717, 1.165) is 16.3 Å². The number of carbonyl (C=O) groups is 2. The number of sulfonamides is 1. The monoisotopic (exact) mass is 575 g/mol. The molecule has 0 aliphatic rings. The summed E-state index contributed by atoms with van der Waals surface area (Å²) in [5, 5.41) is 3.58. The van der Waals surface area contributed by atoms with E-state index < -0.39 is 28.5 Å². The fourth-order valence-electron chi connectivity index (χ4n) is 3.77. The van der Waals surface area contributed by atoms with Gasteiger partial charge in [0, 0.05) is 23.1 Å². The van der Waals surface area contributed by atoms with Crippen LogP contribution in [-0.4, -0.2) is 44.3 Å². The molecule has 0 bridgehead atoms. The zero-order valence-electron chi connectivity index (χ0n) is 21.5. The second-order valence-corrected chi connectivity index (χ2v) is 11.6. The Morgan fingerprint density at radius 3 is 2.24 bits per heavy atom. The third-order valence-corrected chi connectivity index (χ3v) is 8.38. The summed E-state index contributed by atoms with van der Waals surface area (Å²) < 4.78 is 28.5. The van der Waals surface area contributed by atoms with E-state index in [-0.39, 0.29) is 17.3 Å². The molecule has 0 fully saturated rings. The summed E-state index contributed by atoms with van der Waals surface area (Å²) in [5.41, 5.74) is 1.81. The molecule has 0 saturated carbocycles. The van der Waals surface area contributed by atoms with Crippen LogP contribution in [0.3, 0.4) is 0 Å². The quantitative estimate of drug-likeness (QED) is 0.330. The van der Waals surface area contributed by atoms with E-state index in [0.29, 0.717) is 27.8 Å². The van der Waals surface area contributed by atoms with Crippen LogP contribution in [0.2, 0.25) is 10.0 Å². The first-order valence-corrected chi connectivity index (χ1v) is 14.4. The lowest BCUT2D eigenvalue weighted by Gasteiger charge is -2.32. The highest BCUT2D eigenvalue weighted by Gasteiger charge is 2.32. The van der Waals surface area contributed by atoms with Crippen molar-refractivity contribution in [2.75, 3.05) is 17.4 Å². The van der Waals surface area contributed by atoms with Crippen LogP contribution in [0.1, 0.15) is 31.4 Å². The summed E-state index contributed by atoms with van der Waals surface area (Å²) in [4.78, 5) is 28.1. The summed E-state index contributed by atoms with van der Waals surface area (Å²) in [6.45, 7) is 5.31. The summed E-state index contributed by atoms with van der Waals surface area (Å²) in [6, 6.07) is 18.8. The van der Waals surface area contributed by atoms with E-state index in [2.05, 4.69) is 5.32 Å². The molecule has 10 heteroatoms. The lowest BCUT2D eigenvalue weighted by molar-refractivity contribution is -0.139. The topological polar surface area (TPSA) is 86.8 Å². The molecule has 0 saturated heterocycles. The number of nitrogens with zero attached hydrogens (tertiary/aromatic N) is 2. The predicted molar refractivity (Wildman–Crippen MR) is 152 cm³/mol. The van der Waals surface area contributed by atoms with Crippen molar-refractivity contribution in [2.24, 2.45) is 0 Å². The van der Waals surface area contributed by atoms with Crippen LogP contribution in [-0.2, 0) is 26.2 Å². The van der Waals surface area contributed by atoms with Crippen LogP contribution in [0.25, 0.3) is 0 Å². The Morgan fingerprint density at radius 1 is 0.974 bits per heavy atom. The van der Waals surface area contributed by atoms with Crippen LogP contribution in [0, 0.1) is 6.92 Å². The van der Waals surface area contributed by atoms with Gasteiger partial charge in [0.1, 0.15) is 12.6 Å². The summed E-state index contributed by atoms with van der Waals surface area (Å²) in [5.74, 6) is -0.910. The van der Waals surface area contributed by atoms with Crippen LogP contribution in [0.5, 0.6) is 0 Å². The van der Waals surface area contributed by atoms with Gasteiger partial charge in [-0.1, -0.05) is 72.1 Å². The smallest absolute Gasteiger partial charge is 0.264 e. The molecule has 38 heavy (non-hydrogen) atoms. The van der Waals surface area contributed by atoms with Gasteiger partial charge >= 0.3 is 0 Å². The van der Waals surface area contributed by atoms with E-state index in [1.165, 1.54) is 17.0 Å². The normalized spacial score (nSPS) is 12.0. The van der Waals surface area contributed by atoms with Gasteiger partial charge in [-0.15, -0.1) is 0 Å². The highest BCUT2D eigenvalue weighted by molar-refractivity contribution is 7.92. The molecular formula is C28H31Cl2N3O4S. The lowest BCUT2D eigenvalue weighted by Crippen LogP contribution is -2.51. The number of aryl methyl sites for hydroxylation is 1. The maximum Gasteiger partial charge on any atom is 0.264 e. The standard InChI is InChI=1S/C28H31Cl2N3O4S/c1-4-16-31-28(35)21(3)32(18-22-12-13-23(29)17-26(22)30)27(34)19-33(24-8-6-5-7-9-24)38(36,37)25-14-10-20(2)11-15-25/h5-15,17,21H,4,16,18-19H2,1-3H3,(H,31,35)/t21-/m1/s1. The Kier molecular flexibility index (Phi) is 10.2. The minimum atomic E-state index is -4.10. The number of nitrogens with one attached hydrogen (secondary N) is 1. The van der Waals surface area contributed by atoms with Crippen molar-refractivity contribution in [3.63, 3.8) is 0 Å².